The molecule has 12 nitrogen and oxygen atoms in total. The minimum atomic E-state index is 0. The summed E-state index contributed by atoms with van der Waals surface area (Å²) in [7, 11) is 0. The molecule has 0 bridgehead atoms. The summed E-state index contributed by atoms with van der Waals surface area (Å²) in [6, 6.07) is 0. The average Bonchev–Trinajstić information content (AvgIpc) is 2.78. The predicted molar refractivity (Wildman–Crippen MR) is 54.9 cm³/mol. The minimum absolute atomic E-state index is 0. The second-order valence-corrected chi connectivity index (χ2v) is 0. The zero-order valence-electron chi connectivity index (χ0n) is 10.7. The van der Waals surface area contributed by atoms with Crippen LogP contribution in [0.1, 0.15) is 0 Å². The Morgan fingerprint density at radius 2 is 0.261 bits per heavy atom. The van der Waals surface area contributed by atoms with Gasteiger partial charge < -0.3 is 118 Å². The molecule has 123 valence electrons. The predicted octanol–water partition coefficient (Wildman–Crippen LogP) is 0.979. The van der Waals surface area contributed by atoms with E-state index in [2.05, 4.69) is 0 Å². The molecule has 0 unspecified atom stereocenters. The van der Waals surface area contributed by atoms with Crippen LogP contribution in [0, 0.1) is 118 Å². The van der Waals surface area contributed by atoms with Gasteiger partial charge in [0.05, 0.1) is 0 Å². The van der Waals surface area contributed by atoms with Crippen LogP contribution in [0.4, 0.5) is 0 Å². The molecule has 0 aliphatic carbocycles. The molecule has 0 fully saturated rings. The molecule has 1 radical (unpaired) electrons. The van der Waals surface area contributed by atoms with Crippen molar-refractivity contribution in [3.63, 3.8) is 0 Å². The van der Waals surface area contributed by atoms with Gasteiger partial charge in [0.1, 0.15) is 0 Å². The summed E-state index contributed by atoms with van der Waals surface area (Å²) in [5.74, 6) is 0. The van der Waals surface area contributed by atoms with Gasteiger partial charge in [0.2, 0.25) is 0 Å². The van der Waals surface area contributed by atoms with Crippen molar-refractivity contribution < 1.29 is 27.3 Å². The van der Waals surface area contributed by atoms with Crippen molar-refractivity contribution in [3.8, 4) is 0 Å². The van der Waals surface area contributed by atoms with Crippen molar-refractivity contribution >= 4 is 0 Å². The minimum Gasteiger partial charge on any atom is -0.512 e. The van der Waals surface area contributed by atoms with Crippen molar-refractivity contribution in [3.05, 3.63) is 65.7 Å². The van der Waals surface area contributed by atoms with Gasteiger partial charge >= 0.3 is 0 Å². The van der Waals surface area contributed by atoms with Crippen LogP contribution in [0.5, 0.6) is 0 Å². The van der Waals surface area contributed by atoms with Crippen LogP contribution in [0.25, 0.3) is 0 Å². The third-order valence-corrected chi connectivity index (χ3v) is 0. The summed E-state index contributed by atoms with van der Waals surface area (Å²) in [6.45, 7) is 47.5. The van der Waals surface area contributed by atoms with E-state index in [9.17, 15) is 0 Å². The maximum Gasteiger partial charge on any atom is 0 e. The van der Waals surface area contributed by atoms with Crippen LogP contribution in [-0.2, 0) is 16.8 Å². The normalized spacial score (nSPS) is 1.13. The van der Waals surface area contributed by atoms with Gasteiger partial charge in [-0.25, -0.2) is 0 Å². The first-order chi connectivity index (χ1) is 11.0. The van der Waals surface area contributed by atoms with Gasteiger partial charge in [-0.3, -0.25) is 10.5 Å². The Balaban J connectivity index is -0.00000000576. The first-order valence-corrected chi connectivity index (χ1v) is 2.44. The van der Waals surface area contributed by atoms with Gasteiger partial charge in [-0.15, -0.1) is 0 Å². The zero-order valence-corrected chi connectivity index (χ0v) is 11.7. The van der Waals surface area contributed by atoms with E-state index in [0.29, 0.717) is 0 Å². The summed E-state index contributed by atoms with van der Waals surface area (Å²) < 4.78 is 0. The molecule has 0 saturated carbocycles. The average molecular weight is 353 g/mol. The van der Waals surface area contributed by atoms with E-state index < -0.39 is 0 Å². The van der Waals surface area contributed by atoms with Crippen molar-refractivity contribution in [2.24, 2.45) is 0 Å². The molecule has 0 amide bonds. The molecule has 2 N–H and O–H groups in total. The van der Waals surface area contributed by atoms with Crippen molar-refractivity contribution in [1.29, 1.82) is 52.6 Å². The molecule has 13 heteroatoms. The SMILES string of the molecule is OO.[C-]#N.[C-]#N.[C-]#N.[C-]#N.[C-]#N.[C-]#N.[C-]#N.[C-]#N.[C-]#N.[C-]#N.[Co]. The molecule has 23 heavy (non-hydrogen) atoms. The van der Waals surface area contributed by atoms with Crippen LogP contribution >= 0.6 is 0 Å². The van der Waals surface area contributed by atoms with E-state index in [4.69, 9.17) is 129 Å². The molecule has 0 aromatic heterocycles. The third kappa shape index (κ3) is 186. The Labute approximate surface area is 146 Å². The monoisotopic (exact) mass is 353 g/mol. The molecular weight excluding hydrogens is 351 g/mol. The van der Waals surface area contributed by atoms with Gasteiger partial charge in [0.25, 0.3) is 0 Å². The molecule has 0 aliphatic rings. The van der Waals surface area contributed by atoms with Crippen molar-refractivity contribution in [1.82, 2.24) is 0 Å². The molecule has 0 rings (SSSR count). The smallest absolute Gasteiger partial charge is 0 e. The molecule has 0 aromatic carbocycles. The molecule has 0 aliphatic heterocycles. The van der Waals surface area contributed by atoms with Gasteiger partial charge in [0, 0.05) is 16.8 Å². The summed E-state index contributed by atoms with van der Waals surface area (Å²) in [6.07, 6.45) is 0. The van der Waals surface area contributed by atoms with Gasteiger partial charge in [-0.05, 0) is 0 Å². The van der Waals surface area contributed by atoms with Gasteiger partial charge in [0.15, 0.2) is 0 Å². The Bertz CT molecular complexity index is 183. The second-order valence-electron chi connectivity index (χ2n) is 0. The summed E-state index contributed by atoms with van der Waals surface area (Å²) in [5.41, 5.74) is 0. The second kappa shape index (κ2) is 211. The fourth-order valence-corrected chi connectivity index (χ4v) is 0. The Kier molecular flexibility index (Phi) is 1260. The van der Waals surface area contributed by atoms with E-state index >= 15 is 0 Å². The number of rotatable bonds is 0. The van der Waals surface area contributed by atoms with Crippen LogP contribution in [-0.4, -0.2) is 10.5 Å². The van der Waals surface area contributed by atoms with Gasteiger partial charge in [-0.2, -0.15) is 0 Å². The molecular formula is C10H2CoN10O2-10. The van der Waals surface area contributed by atoms with E-state index in [1.54, 1.807) is 0 Å². The molecule has 0 spiro atoms. The summed E-state index contributed by atoms with van der Waals surface area (Å²) in [4.78, 5) is 0. The zero-order chi connectivity index (χ0) is 22.0. The number of hydrogen-bond acceptors (Lipinski definition) is 12. The molecule has 0 atom stereocenters. The van der Waals surface area contributed by atoms with Crippen molar-refractivity contribution in [2.45, 2.75) is 0 Å². The Morgan fingerprint density at radius 3 is 0.261 bits per heavy atom. The fourth-order valence-electron chi connectivity index (χ4n) is 0. The Morgan fingerprint density at radius 1 is 0.261 bits per heavy atom. The molecule has 0 saturated heterocycles. The fraction of sp³-hybridized carbons (Fsp3) is 0. The van der Waals surface area contributed by atoms with E-state index in [1.165, 1.54) is 0 Å². The van der Waals surface area contributed by atoms with E-state index in [0.717, 1.165) is 0 Å². The van der Waals surface area contributed by atoms with Crippen molar-refractivity contribution in [2.75, 3.05) is 0 Å². The van der Waals surface area contributed by atoms with E-state index in [1.807, 2.05) is 0 Å². The largest absolute Gasteiger partial charge is 0.512 e. The number of nitrogens with zero attached hydrogens (tertiary/aromatic N) is 10. The number of hydrogen-bond donors (Lipinski definition) is 2. The van der Waals surface area contributed by atoms with Crippen LogP contribution in [0.15, 0.2) is 0 Å². The molecule has 0 heterocycles. The topological polar surface area (TPSA) is 278 Å². The van der Waals surface area contributed by atoms with Crippen LogP contribution in [0.2, 0.25) is 0 Å². The van der Waals surface area contributed by atoms with Crippen LogP contribution in [0.3, 0.4) is 0 Å². The quantitative estimate of drug-likeness (QED) is 0.350. The maximum atomic E-state index is 6.25. The molecule has 0 aromatic rings. The maximum absolute atomic E-state index is 6.25. The first kappa shape index (κ1) is 137. The van der Waals surface area contributed by atoms with E-state index in [-0.39, 0.29) is 16.8 Å². The standard InChI is InChI=1S/10CN.Co.H2O2/c10*1-2;;1-2/h;;;;;;;;;;;1-2H/q10*-1;;. The third-order valence-electron chi connectivity index (χ3n) is 0. The summed E-state index contributed by atoms with van der Waals surface area (Å²) >= 11 is 0. The Hall–Kier alpha value is -4.67. The summed E-state index contributed by atoms with van der Waals surface area (Å²) in [5, 5.41) is 74.5. The first-order valence-electron chi connectivity index (χ1n) is 2.44. The van der Waals surface area contributed by atoms with Crippen LogP contribution < -0.4 is 0 Å². The van der Waals surface area contributed by atoms with Gasteiger partial charge in [-0.1, -0.05) is 0 Å².